The second kappa shape index (κ2) is 4.15. The van der Waals surface area contributed by atoms with Gasteiger partial charge >= 0.3 is 0 Å². The zero-order chi connectivity index (χ0) is 9.90. The summed E-state index contributed by atoms with van der Waals surface area (Å²) in [6.07, 6.45) is 7.47. The quantitative estimate of drug-likeness (QED) is 0.588. The van der Waals surface area contributed by atoms with Crippen LogP contribution >= 0.6 is 0 Å². The molecule has 1 heterocycles. The molecule has 0 N–H and O–H groups in total. The van der Waals surface area contributed by atoms with E-state index in [4.69, 9.17) is 6.42 Å². The zero-order valence-electron chi connectivity index (χ0n) is 9.14. The topological polar surface area (TPSA) is 3.24 Å². The molecular formula is C12H21N. The van der Waals surface area contributed by atoms with Crippen molar-refractivity contribution in [1.82, 2.24) is 4.90 Å². The summed E-state index contributed by atoms with van der Waals surface area (Å²) in [5, 5.41) is 0. The molecular weight excluding hydrogens is 158 g/mol. The van der Waals surface area contributed by atoms with Crippen LogP contribution in [0.15, 0.2) is 0 Å². The van der Waals surface area contributed by atoms with E-state index in [9.17, 15) is 0 Å². The number of nitrogens with zero attached hydrogens (tertiary/aromatic N) is 1. The number of likely N-dealkylation sites (tertiary alicyclic amines) is 1. The standard InChI is InChI=1S/C12H21N/c1-5-6-8-13-9-7-11(2)12(3,4)10-13/h1,11H,6-10H2,2-4H3. The maximum absolute atomic E-state index is 5.26. The second-order valence-corrected chi connectivity index (χ2v) is 4.91. The van der Waals surface area contributed by atoms with Gasteiger partial charge in [0.2, 0.25) is 0 Å². The SMILES string of the molecule is C#CCCN1CCC(C)C(C)(C)C1. The molecule has 0 aromatic carbocycles. The van der Waals surface area contributed by atoms with Crippen molar-refractivity contribution in [2.45, 2.75) is 33.6 Å². The normalized spacial score (nSPS) is 28.3. The van der Waals surface area contributed by atoms with E-state index in [1.54, 1.807) is 0 Å². The first-order valence-electron chi connectivity index (χ1n) is 5.22. The second-order valence-electron chi connectivity index (χ2n) is 4.91. The Labute approximate surface area is 82.5 Å². The van der Waals surface area contributed by atoms with Crippen molar-refractivity contribution >= 4 is 0 Å². The van der Waals surface area contributed by atoms with Gasteiger partial charge in [-0.15, -0.1) is 12.3 Å². The lowest BCUT2D eigenvalue weighted by Gasteiger charge is -2.42. The number of piperidine rings is 1. The highest BCUT2D eigenvalue weighted by atomic mass is 15.1. The fourth-order valence-corrected chi connectivity index (χ4v) is 1.99. The molecule has 1 atom stereocenters. The molecule has 0 radical (unpaired) electrons. The van der Waals surface area contributed by atoms with Gasteiger partial charge in [0, 0.05) is 19.5 Å². The predicted molar refractivity (Wildman–Crippen MR) is 57.5 cm³/mol. The van der Waals surface area contributed by atoms with E-state index >= 15 is 0 Å². The molecule has 13 heavy (non-hydrogen) atoms. The molecule has 1 rings (SSSR count). The first-order valence-corrected chi connectivity index (χ1v) is 5.22. The predicted octanol–water partition coefficient (Wildman–Crippen LogP) is 2.38. The Morgan fingerprint density at radius 2 is 2.23 bits per heavy atom. The summed E-state index contributed by atoms with van der Waals surface area (Å²) in [6, 6.07) is 0. The average Bonchev–Trinajstić information content (AvgIpc) is 2.07. The Kier molecular flexibility index (Phi) is 3.39. The van der Waals surface area contributed by atoms with Gasteiger partial charge in [0.1, 0.15) is 0 Å². The maximum Gasteiger partial charge on any atom is 0.0214 e. The highest BCUT2D eigenvalue weighted by Gasteiger charge is 2.32. The summed E-state index contributed by atoms with van der Waals surface area (Å²) in [6.45, 7) is 10.6. The monoisotopic (exact) mass is 179 g/mol. The minimum atomic E-state index is 0.465. The van der Waals surface area contributed by atoms with Crippen molar-refractivity contribution in [3.63, 3.8) is 0 Å². The molecule has 0 aliphatic carbocycles. The number of hydrogen-bond acceptors (Lipinski definition) is 1. The Hall–Kier alpha value is -0.480. The zero-order valence-corrected chi connectivity index (χ0v) is 9.14. The van der Waals surface area contributed by atoms with Crippen molar-refractivity contribution in [3.05, 3.63) is 0 Å². The first kappa shape index (κ1) is 10.6. The molecule has 1 fully saturated rings. The molecule has 1 aliphatic rings. The summed E-state index contributed by atoms with van der Waals surface area (Å²) in [5.41, 5.74) is 0.465. The Balaban J connectivity index is 2.42. The Morgan fingerprint density at radius 3 is 2.77 bits per heavy atom. The van der Waals surface area contributed by atoms with Crippen LogP contribution < -0.4 is 0 Å². The van der Waals surface area contributed by atoms with Crippen LogP contribution in [0.2, 0.25) is 0 Å². The van der Waals surface area contributed by atoms with Gasteiger partial charge in [-0.1, -0.05) is 20.8 Å². The summed E-state index contributed by atoms with van der Waals surface area (Å²) < 4.78 is 0. The Morgan fingerprint density at radius 1 is 1.54 bits per heavy atom. The van der Waals surface area contributed by atoms with Crippen molar-refractivity contribution < 1.29 is 0 Å². The fraction of sp³-hybridized carbons (Fsp3) is 0.833. The van der Waals surface area contributed by atoms with E-state index in [1.165, 1.54) is 19.5 Å². The van der Waals surface area contributed by atoms with Gasteiger partial charge in [0.25, 0.3) is 0 Å². The van der Waals surface area contributed by atoms with Gasteiger partial charge in [-0.05, 0) is 24.3 Å². The van der Waals surface area contributed by atoms with Crippen LogP contribution in [-0.4, -0.2) is 24.5 Å². The molecule has 1 heteroatoms. The van der Waals surface area contributed by atoms with Crippen LogP contribution in [0.3, 0.4) is 0 Å². The number of hydrogen-bond donors (Lipinski definition) is 0. The fourth-order valence-electron chi connectivity index (χ4n) is 1.99. The molecule has 1 saturated heterocycles. The Bertz CT molecular complexity index is 200. The molecule has 0 aromatic heterocycles. The summed E-state index contributed by atoms with van der Waals surface area (Å²) in [5.74, 6) is 3.55. The first-order chi connectivity index (χ1) is 6.06. The molecule has 1 unspecified atom stereocenters. The molecule has 0 bridgehead atoms. The maximum atomic E-state index is 5.26. The number of rotatable bonds is 2. The lowest BCUT2D eigenvalue weighted by Crippen LogP contribution is -2.44. The van der Waals surface area contributed by atoms with E-state index < -0.39 is 0 Å². The van der Waals surface area contributed by atoms with Crippen LogP contribution in [0.4, 0.5) is 0 Å². The smallest absolute Gasteiger partial charge is 0.0214 e. The van der Waals surface area contributed by atoms with Crippen molar-refractivity contribution in [2.24, 2.45) is 11.3 Å². The number of terminal acetylenes is 1. The molecule has 0 spiro atoms. The van der Waals surface area contributed by atoms with Crippen LogP contribution in [0.25, 0.3) is 0 Å². The molecule has 74 valence electrons. The summed E-state index contributed by atoms with van der Waals surface area (Å²) in [4.78, 5) is 2.50. The molecule has 0 amide bonds. The third kappa shape index (κ3) is 2.74. The van der Waals surface area contributed by atoms with E-state index in [0.717, 1.165) is 18.9 Å². The van der Waals surface area contributed by atoms with Crippen molar-refractivity contribution in [3.8, 4) is 12.3 Å². The van der Waals surface area contributed by atoms with E-state index in [1.807, 2.05) is 0 Å². The van der Waals surface area contributed by atoms with Gasteiger partial charge in [-0.2, -0.15) is 0 Å². The van der Waals surface area contributed by atoms with Gasteiger partial charge < -0.3 is 4.90 Å². The van der Waals surface area contributed by atoms with Crippen LogP contribution in [-0.2, 0) is 0 Å². The summed E-state index contributed by atoms with van der Waals surface area (Å²) >= 11 is 0. The highest BCUT2D eigenvalue weighted by molar-refractivity contribution is 4.89. The van der Waals surface area contributed by atoms with E-state index in [2.05, 4.69) is 31.6 Å². The lowest BCUT2D eigenvalue weighted by atomic mass is 9.75. The molecule has 1 aliphatic heterocycles. The van der Waals surface area contributed by atoms with Gasteiger partial charge in [-0.25, -0.2) is 0 Å². The van der Waals surface area contributed by atoms with E-state index in [0.29, 0.717) is 5.41 Å². The van der Waals surface area contributed by atoms with Crippen molar-refractivity contribution in [1.29, 1.82) is 0 Å². The lowest BCUT2D eigenvalue weighted by molar-refractivity contribution is 0.0665. The van der Waals surface area contributed by atoms with Crippen molar-refractivity contribution in [2.75, 3.05) is 19.6 Å². The van der Waals surface area contributed by atoms with Gasteiger partial charge in [0.15, 0.2) is 0 Å². The largest absolute Gasteiger partial charge is 0.302 e. The van der Waals surface area contributed by atoms with Gasteiger partial charge in [0.05, 0.1) is 0 Å². The summed E-state index contributed by atoms with van der Waals surface area (Å²) in [7, 11) is 0. The minimum Gasteiger partial charge on any atom is -0.302 e. The highest BCUT2D eigenvalue weighted by Crippen LogP contribution is 2.34. The third-order valence-electron chi connectivity index (χ3n) is 3.42. The molecule has 0 aromatic rings. The third-order valence-corrected chi connectivity index (χ3v) is 3.42. The van der Waals surface area contributed by atoms with Crippen LogP contribution in [0, 0.1) is 23.7 Å². The van der Waals surface area contributed by atoms with E-state index in [-0.39, 0.29) is 0 Å². The average molecular weight is 179 g/mol. The molecule has 1 nitrogen and oxygen atoms in total. The van der Waals surface area contributed by atoms with Crippen LogP contribution in [0.5, 0.6) is 0 Å². The minimum absolute atomic E-state index is 0.465. The van der Waals surface area contributed by atoms with Crippen LogP contribution in [0.1, 0.15) is 33.6 Å². The molecule has 0 saturated carbocycles. The van der Waals surface area contributed by atoms with Gasteiger partial charge in [-0.3, -0.25) is 0 Å².